The standard InChI is InChI=1S/C23H18N2O3/c26-21(18-9-5-2-6-10-18)19-20(17-11-13-24-14-12-17)25(23(28)22(19)27)15-16-7-3-1-4-8-16/h1-14,20,26H,15H2/b21-19-. The molecule has 2 heterocycles. The quantitative estimate of drug-likeness (QED) is 0.432. The first-order chi connectivity index (χ1) is 13.7. The molecule has 3 aromatic rings. The van der Waals surface area contributed by atoms with E-state index < -0.39 is 17.7 Å². The van der Waals surface area contributed by atoms with Crippen LogP contribution in [0.4, 0.5) is 0 Å². The van der Waals surface area contributed by atoms with E-state index in [4.69, 9.17) is 0 Å². The number of aliphatic hydroxyl groups is 1. The first kappa shape index (κ1) is 17.7. The number of amides is 1. The van der Waals surface area contributed by atoms with Gasteiger partial charge in [0.1, 0.15) is 5.76 Å². The molecule has 1 aliphatic heterocycles. The Balaban J connectivity index is 1.85. The van der Waals surface area contributed by atoms with Crippen molar-refractivity contribution < 1.29 is 14.7 Å². The van der Waals surface area contributed by atoms with Crippen molar-refractivity contribution in [2.45, 2.75) is 12.6 Å². The van der Waals surface area contributed by atoms with E-state index in [-0.39, 0.29) is 17.9 Å². The van der Waals surface area contributed by atoms with Crippen molar-refractivity contribution in [2.24, 2.45) is 0 Å². The SMILES string of the molecule is O=C1C(=O)N(Cc2ccccc2)C(c2ccncc2)/C1=C(/O)c1ccccc1. The maximum atomic E-state index is 12.9. The molecule has 0 spiro atoms. The topological polar surface area (TPSA) is 70.5 Å². The van der Waals surface area contributed by atoms with E-state index >= 15 is 0 Å². The summed E-state index contributed by atoms with van der Waals surface area (Å²) in [5, 5.41) is 10.9. The molecule has 1 saturated heterocycles. The van der Waals surface area contributed by atoms with Crippen molar-refractivity contribution in [3.8, 4) is 0 Å². The number of hydrogen-bond acceptors (Lipinski definition) is 4. The highest BCUT2D eigenvalue weighted by Gasteiger charge is 2.45. The monoisotopic (exact) mass is 370 g/mol. The number of rotatable bonds is 4. The minimum atomic E-state index is -0.681. The molecule has 5 nitrogen and oxygen atoms in total. The molecular weight excluding hydrogens is 352 g/mol. The summed E-state index contributed by atoms with van der Waals surface area (Å²) in [6, 6.07) is 21.1. The van der Waals surface area contributed by atoms with Crippen LogP contribution in [0.5, 0.6) is 0 Å². The van der Waals surface area contributed by atoms with Crippen LogP contribution < -0.4 is 0 Å². The number of nitrogens with zero attached hydrogens (tertiary/aromatic N) is 2. The number of ketones is 1. The van der Waals surface area contributed by atoms with Gasteiger partial charge in [-0.3, -0.25) is 14.6 Å². The van der Waals surface area contributed by atoms with Crippen LogP contribution in [-0.2, 0) is 16.1 Å². The van der Waals surface area contributed by atoms with Crippen LogP contribution in [-0.4, -0.2) is 26.7 Å². The Morgan fingerprint density at radius 2 is 1.50 bits per heavy atom. The van der Waals surface area contributed by atoms with Crippen molar-refractivity contribution in [1.29, 1.82) is 0 Å². The van der Waals surface area contributed by atoms with Crippen molar-refractivity contribution in [3.05, 3.63) is 107 Å². The Morgan fingerprint density at radius 3 is 2.14 bits per heavy atom. The Labute approximate surface area is 162 Å². The van der Waals surface area contributed by atoms with E-state index in [0.717, 1.165) is 11.1 Å². The highest BCUT2D eigenvalue weighted by Crippen LogP contribution is 2.39. The van der Waals surface area contributed by atoms with Crippen molar-refractivity contribution in [2.75, 3.05) is 0 Å². The summed E-state index contributed by atoms with van der Waals surface area (Å²) >= 11 is 0. The summed E-state index contributed by atoms with van der Waals surface area (Å²) in [7, 11) is 0. The zero-order valence-electron chi connectivity index (χ0n) is 15.0. The second-order valence-corrected chi connectivity index (χ2v) is 6.56. The molecule has 0 saturated carbocycles. The molecule has 28 heavy (non-hydrogen) atoms. The maximum Gasteiger partial charge on any atom is 0.295 e. The van der Waals surface area contributed by atoms with Crippen LogP contribution in [0.25, 0.3) is 5.76 Å². The van der Waals surface area contributed by atoms with Gasteiger partial charge in [-0.05, 0) is 23.3 Å². The molecule has 4 rings (SSSR count). The summed E-state index contributed by atoms with van der Waals surface area (Å²) < 4.78 is 0. The number of carbonyl (C=O) groups excluding carboxylic acids is 2. The smallest absolute Gasteiger partial charge is 0.295 e. The predicted octanol–water partition coefficient (Wildman–Crippen LogP) is 3.70. The lowest BCUT2D eigenvalue weighted by atomic mass is 9.96. The maximum absolute atomic E-state index is 12.9. The Kier molecular flexibility index (Phi) is 4.72. The van der Waals surface area contributed by atoms with E-state index in [9.17, 15) is 14.7 Å². The Morgan fingerprint density at radius 1 is 0.893 bits per heavy atom. The predicted molar refractivity (Wildman–Crippen MR) is 105 cm³/mol. The van der Waals surface area contributed by atoms with Crippen LogP contribution in [0.15, 0.2) is 90.8 Å². The summed E-state index contributed by atoms with van der Waals surface area (Å²) in [6.45, 7) is 0.268. The van der Waals surface area contributed by atoms with Crippen LogP contribution in [0.2, 0.25) is 0 Å². The summed E-state index contributed by atoms with van der Waals surface area (Å²) in [5.41, 5.74) is 2.23. The van der Waals surface area contributed by atoms with Gasteiger partial charge in [0.25, 0.3) is 11.7 Å². The number of pyridine rings is 1. The summed E-state index contributed by atoms with van der Waals surface area (Å²) in [5.74, 6) is -1.47. The van der Waals surface area contributed by atoms with Gasteiger partial charge in [-0.2, -0.15) is 0 Å². The lowest BCUT2D eigenvalue weighted by Gasteiger charge is -2.25. The third-order valence-electron chi connectivity index (χ3n) is 4.80. The number of Topliss-reactive ketones (excluding diaryl/α,β-unsaturated/α-hetero) is 1. The molecule has 0 radical (unpaired) electrons. The van der Waals surface area contributed by atoms with Crippen LogP contribution >= 0.6 is 0 Å². The fourth-order valence-corrected chi connectivity index (χ4v) is 3.47. The average molecular weight is 370 g/mol. The van der Waals surface area contributed by atoms with Crippen molar-refractivity contribution in [1.82, 2.24) is 9.88 Å². The first-order valence-electron chi connectivity index (χ1n) is 8.94. The molecule has 138 valence electrons. The molecule has 1 unspecified atom stereocenters. The normalized spacial score (nSPS) is 18.4. The molecular formula is C23H18N2O3. The van der Waals surface area contributed by atoms with Crippen molar-refractivity contribution in [3.63, 3.8) is 0 Å². The van der Waals surface area contributed by atoms with Crippen LogP contribution in [0.1, 0.15) is 22.7 Å². The van der Waals surface area contributed by atoms with Gasteiger partial charge in [0, 0.05) is 24.5 Å². The largest absolute Gasteiger partial charge is 0.507 e. The van der Waals surface area contributed by atoms with E-state index in [2.05, 4.69) is 4.98 Å². The van der Waals surface area contributed by atoms with Gasteiger partial charge in [0.15, 0.2) is 0 Å². The summed E-state index contributed by atoms with van der Waals surface area (Å²) in [6.07, 6.45) is 3.22. The molecule has 0 bridgehead atoms. The van der Waals surface area contributed by atoms with Gasteiger partial charge in [-0.15, -0.1) is 0 Å². The van der Waals surface area contributed by atoms with E-state index in [1.54, 1.807) is 48.8 Å². The van der Waals surface area contributed by atoms with E-state index in [1.165, 1.54) is 4.90 Å². The number of benzene rings is 2. The highest BCUT2D eigenvalue weighted by molar-refractivity contribution is 6.46. The highest BCUT2D eigenvalue weighted by atomic mass is 16.3. The average Bonchev–Trinajstić information content (AvgIpc) is 3.00. The van der Waals surface area contributed by atoms with Gasteiger partial charge in [-0.1, -0.05) is 60.7 Å². The molecule has 1 aliphatic rings. The van der Waals surface area contributed by atoms with E-state index in [1.807, 2.05) is 36.4 Å². The van der Waals surface area contributed by atoms with Gasteiger partial charge < -0.3 is 10.0 Å². The molecule has 1 N–H and O–H groups in total. The minimum Gasteiger partial charge on any atom is -0.507 e. The molecule has 2 aromatic carbocycles. The Bertz CT molecular complexity index is 1030. The molecule has 1 amide bonds. The molecule has 1 fully saturated rings. The second-order valence-electron chi connectivity index (χ2n) is 6.56. The third kappa shape index (κ3) is 3.18. The molecule has 1 atom stereocenters. The van der Waals surface area contributed by atoms with Crippen LogP contribution in [0.3, 0.4) is 0 Å². The zero-order valence-corrected chi connectivity index (χ0v) is 15.0. The lowest BCUT2D eigenvalue weighted by Crippen LogP contribution is -2.29. The van der Waals surface area contributed by atoms with E-state index in [0.29, 0.717) is 5.56 Å². The molecule has 0 aliphatic carbocycles. The fourth-order valence-electron chi connectivity index (χ4n) is 3.47. The fraction of sp³-hybridized carbons (Fsp3) is 0.0870. The molecule has 5 heteroatoms. The first-order valence-corrected chi connectivity index (χ1v) is 8.94. The van der Waals surface area contributed by atoms with Crippen molar-refractivity contribution >= 4 is 17.4 Å². The van der Waals surface area contributed by atoms with Gasteiger partial charge in [0.2, 0.25) is 0 Å². The third-order valence-corrected chi connectivity index (χ3v) is 4.80. The number of carbonyl (C=O) groups is 2. The zero-order chi connectivity index (χ0) is 19.5. The number of aromatic nitrogens is 1. The number of aliphatic hydroxyl groups excluding tert-OH is 1. The number of likely N-dealkylation sites (tertiary alicyclic amines) is 1. The van der Waals surface area contributed by atoms with Gasteiger partial charge in [0.05, 0.1) is 11.6 Å². The Hall–Kier alpha value is -3.73. The molecule has 1 aromatic heterocycles. The number of hydrogen-bond donors (Lipinski definition) is 1. The second kappa shape index (κ2) is 7.48. The van der Waals surface area contributed by atoms with Gasteiger partial charge in [-0.25, -0.2) is 0 Å². The lowest BCUT2D eigenvalue weighted by molar-refractivity contribution is -0.140. The van der Waals surface area contributed by atoms with Crippen LogP contribution in [0, 0.1) is 0 Å². The van der Waals surface area contributed by atoms with Gasteiger partial charge >= 0.3 is 0 Å². The minimum absolute atomic E-state index is 0.0957. The summed E-state index contributed by atoms with van der Waals surface area (Å²) in [4.78, 5) is 31.3.